The van der Waals surface area contributed by atoms with Gasteiger partial charge in [0.15, 0.2) is 5.82 Å². The lowest BCUT2D eigenvalue weighted by Crippen LogP contribution is -2.29. The van der Waals surface area contributed by atoms with Gasteiger partial charge in [-0.2, -0.15) is 0 Å². The van der Waals surface area contributed by atoms with Gasteiger partial charge in [-0.3, -0.25) is 0 Å². The van der Waals surface area contributed by atoms with E-state index in [-0.39, 0.29) is 0 Å². The first kappa shape index (κ1) is 11.5. The van der Waals surface area contributed by atoms with Gasteiger partial charge in [0.25, 0.3) is 0 Å². The van der Waals surface area contributed by atoms with E-state index in [9.17, 15) is 0 Å². The van der Waals surface area contributed by atoms with E-state index in [1.807, 2.05) is 4.68 Å². The number of ether oxygens (including phenoxy) is 1. The molecule has 1 aromatic heterocycles. The zero-order valence-corrected chi connectivity index (χ0v) is 9.89. The van der Waals surface area contributed by atoms with E-state index < -0.39 is 0 Å². The molecule has 16 heavy (non-hydrogen) atoms. The number of nitrogens with zero attached hydrogens (tertiary/aromatic N) is 4. The molecular formula is C10H19N5O. The molecule has 0 radical (unpaired) electrons. The molecule has 6 heteroatoms. The number of nitrogens with one attached hydrogen (secondary N) is 1. The molecule has 0 atom stereocenters. The number of rotatable bonds is 6. The molecule has 0 spiro atoms. The summed E-state index contributed by atoms with van der Waals surface area (Å²) in [6, 6.07) is 0.504. The van der Waals surface area contributed by atoms with Gasteiger partial charge < -0.3 is 10.1 Å². The molecule has 1 fully saturated rings. The minimum Gasteiger partial charge on any atom is -0.383 e. The fraction of sp³-hybridized carbons (Fsp3) is 0.900. The summed E-state index contributed by atoms with van der Waals surface area (Å²) in [5.41, 5.74) is 0. The monoisotopic (exact) mass is 225 g/mol. The molecule has 0 amide bonds. The van der Waals surface area contributed by atoms with Crippen LogP contribution in [0.4, 0.5) is 0 Å². The lowest BCUT2D eigenvalue weighted by Gasteiger charge is -2.32. The first-order chi connectivity index (χ1) is 7.81. The zero-order valence-electron chi connectivity index (χ0n) is 9.89. The fourth-order valence-corrected chi connectivity index (χ4v) is 2.05. The Morgan fingerprint density at radius 1 is 1.50 bits per heavy atom. The topological polar surface area (TPSA) is 64.9 Å². The molecular weight excluding hydrogens is 206 g/mol. The van der Waals surface area contributed by atoms with Crippen LogP contribution in [0.15, 0.2) is 0 Å². The van der Waals surface area contributed by atoms with Crippen LogP contribution in [0.5, 0.6) is 0 Å². The highest BCUT2D eigenvalue weighted by molar-refractivity contribution is 4.89. The number of methoxy groups -OCH3 is 1. The van der Waals surface area contributed by atoms with Crippen LogP contribution < -0.4 is 5.32 Å². The molecule has 1 heterocycles. The summed E-state index contributed by atoms with van der Waals surface area (Å²) in [5, 5.41) is 15.1. The van der Waals surface area contributed by atoms with Gasteiger partial charge in [-0.1, -0.05) is 6.92 Å². The first-order valence-corrected chi connectivity index (χ1v) is 5.77. The maximum atomic E-state index is 4.96. The SMILES string of the molecule is COCCNCc1nnnn1C1CC(C)C1. The van der Waals surface area contributed by atoms with Crippen molar-refractivity contribution >= 4 is 0 Å². The molecule has 1 saturated carbocycles. The van der Waals surface area contributed by atoms with Crippen molar-refractivity contribution in [3.8, 4) is 0 Å². The van der Waals surface area contributed by atoms with Gasteiger partial charge in [-0.25, -0.2) is 4.68 Å². The van der Waals surface area contributed by atoms with E-state index in [4.69, 9.17) is 4.74 Å². The molecule has 0 saturated heterocycles. The summed E-state index contributed by atoms with van der Waals surface area (Å²) >= 11 is 0. The number of tetrazole rings is 1. The van der Waals surface area contributed by atoms with Crippen molar-refractivity contribution in [3.63, 3.8) is 0 Å². The van der Waals surface area contributed by atoms with Gasteiger partial charge in [0.2, 0.25) is 0 Å². The van der Waals surface area contributed by atoms with Gasteiger partial charge in [-0.15, -0.1) is 5.10 Å². The van der Waals surface area contributed by atoms with Crippen LogP contribution in [-0.4, -0.2) is 40.5 Å². The number of hydrogen-bond acceptors (Lipinski definition) is 5. The third-order valence-electron chi connectivity index (χ3n) is 3.02. The smallest absolute Gasteiger partial charge is 0.165 e. The van der Waals surface area contributed by atoms with Crippen LogP contribution >= 0.6 is 0 Å². The minimum atomic E-state index is 0.504. The maximum Gasteiger partial charge on any atom is 0.165 e. The Bertz CT molecular complexity index is 321. The van der Waals surface area contributed by atoms with Gasteiger partial charge >= 0.3 is 0 Å². The summed E-state index contributed by atoms with van der Waals surface area (Å²) in [5.74, 6) is 1.73. The van der Waals surface area contributed by atoms with Gasteiger partial charge in [-0.05, 0) is 29.2 Å². The highest BCUT2D eigenvalue weighted by Gasteiger charge is 2.29. The second-order valence-electron chi connectivity index (χ2n) is 4.44. The molecule has 1 aliphatic carbocycles. The van der Waals surface area contributed by atoms with E-state index >= 15 is 0 Å². The molecule has 0 unspecified atom stereocenters. The van der Waals surface area contributed by atoms with Crippen molar-refractivity contribution in [2.45, 2.75) is 32.4 Å². The summed E-state index contributed by atoms with van der Waals surface area (Å²) in [6.45, 7) is 4.51. The second-order valence-corrected chi connectivity index (χ2v) is 4.44. The van der Waals surface area contributed by atoms with E-state index in [2.05, 4.69) is 27.8 Å². The highest BCUT2D eigenvalue weighted by atomic mass is 16.5. The Hall–Kier alpha value is -1.01. The van der Waals surface area contributed by atoms with E-state index in [1.54, 1.807) is 7.11 Å². The van der Waals surface area contributed by atoms with Crippen molar-refractivity contribution < 1.29 is 4.74 Å². The van der Waals surface area contributed by atoms with Gasteiger partial charge in [0.1, 0.15) is 0 Å². The summed E-state index contributed by atoms with van der Waals surface area (Å²) in [4.78, 5) is 0. The maximum absolute atomic E-state index is 4.96. The molecule has 2 rings (SSSR count). The van der Waals surface area contributed by atoms with Crippen LogP contribution in [0.2, 0.25) is 0 Å². The Balaban J connectivity index is 1.82. The Morgan fingerprint density at radius 3 is 3.00 bits per heavy atom. The van der Waals surface area contributed by atoms with Gasteiger partial charge in [0, 0.05) is 13.7 Å². The van der Waals surface area contributed by atoms with Crippen LogP contribution in [-0.2, 0) is 11.3 Å². The summed E-state index contributed by atoms with van der Waals surface area (Å²) in [7, 11) is 1.70. The standard InChI is InChI=1S/C10H19N5O/c1-8-5-9(6-8)15-10(12-13-14-15)7-11-3-4-16-2/h8-9,11H,3-7H2,1-2H3. The molecule has 1 aliphatic rings. The normalized spacial score (nSPS) is 24.4. The largest absolute Gasteiger partial charge is 0.383 e. The first-order valence-electron chi connectivity index (χ1n) is 5.77. The fourth-order valence-electron chi connectivity index (χ4n) is 2.05. The molecule has 1 aromatic rings. The highest BCUT2D eigenvalue weighted by Crippen LogP contribution is 2.36. The Kier molecular flexibility index (Phi) is 3.84. The second kappa shape index (κ2) is 5.36. The van der Waals surface area contributed by atoms with E-state index in [1.165, 1.54) is 12.8 Å². The Labute approximate surface area is 95.4 Å². The minimum absolute atomic E-state index is 0.504. The molecule has 0 aromatic carbocycles. The average Bonchev–Trinajstić information content (AvgIpc) is 2.68. The third kappa shape index (κ3) is 2.56. The van der Waals surface area contributed by atoms with Crippen molar-refractivity contribution in [1.29, 1.82) is 0 Å². The summed E-state index contributed by atoms with van der Waals surface area (Å²) in [6.07, 6.45) is 2.38. The summed E-state index contributed by atoms with van der Waals surface area (Å²) < 4.78 is 6.92. The average molecular weight is 225 g/mol. The molecule has 90 valence electrons. The van der Waals surface area contributed by atoms with Crippen molar-refractivity contribution in [3.05, 3.63) is 5.82 Å². The quantitative estimate of drug-likeness (QED) is 0.709. The predicted molar refractivity (Wildman–Crippen MR) is 58.8 cm³/mol. The van der Waals surface area contributed by atoms with E-state index in [0.29, 0.717) is 19.2 Å². The molecule has 0 aliphatic heterocycles. The molecule has 1 N–H and O–H groups in total. The molecule has 0 bridgehead atoms. The zero-order chi connectivity index (χ0) is 11.4. The van der Waals surface area contributed by atoms with E-state index in [0.717, 1.165) is 18.3 Å². The van der Waals surface area contributed by atoms with Crippen LogP contribution in [0.1, 0.15) is 31.6 Å². The van der Waals surface area contributed by atoms with Crippen molar-refractivity contribution in [2.75, 3.05) is 20.3 Å². The van der Waals surface area contributed by atoms with Gasteiger partial charge in [0.05, 0.1) is 19.2 Å². The molecule has 6 nitrogen and oxygen atoms in total. The third-order valence-corrected chi connectivity index (χ3v) is 3.02. The number of aromatic nitrogens is 4. The van der Waals surface area contributed by atoms with Crippen LogP contribution in [0.3, 0.4) is 0 Å². The number of hydrogen-bond donors (Lipinski definition) is 1. The Morgan fingerprint density at radius 2 is 2.31 bits per heavy atom. The predicted octanol–water partition coefficient (Wildman–Crippen LogP) is 0.380. The van der Waals surface area contributed by atoms with Crippen LogP contribution in [0.25, 0.3) is 0 Å². The lowest BCUT2D eigenvalue weighted by molar-refractivity contribution is 0.188. The van der Waals surface area contributed by atoms with Crippen LogP contribution in [0, 0.1) is 5.92 Å². The van der Waals surface area contributed by atoms with Crippen molar-refractivity contribution in [1.82, 2.24) is 25.5 Å². The lowest BCUT2D eigenvalue weighted by atomic mass is 9.82. The van der Waals surface area contributed by atoms with Crippen molar-refractivity contribution in [2.24, 2.45) is 5.92 Å².